The molecule has 3 aromatic rings. The minimum atomic E-state index is -0.912. The van der Waals surface area contributed by atoms with E-state index < -0.39 is 22.6 Å². The lowest BCUT2D eigenvalue weighted by Crippen LogP contribution is -2.28. The molecule has 1 N–H and O–H groups in total. The number of non-ortho nitro benzene ring substituents is 1. The molecule has 1 aliphatic rings. The fraction of sp³-hybridized carbons (Fsp3) is 0.158. The predicted octanol–water partition coefficient (Wildman–Crippen LogP) is 2.17. The van der Waals surface area contributed by atoms with Crippen molar-refractivity contribution >= 4 is 22.5 Å². The van der Waals surface area contributed by atoms with E-state index in [0.717, 1.165) is 0 Å². The van der Waals surface area contributed by atoms with Crippen LogP contribution in [-0.2, 0) is 4.79 Å². The van der Waals surface area contributed by atoms with Crippen LogP contribution in [0.3, 0.4) is 0 Å². The Bertz CT molecular complexity index is 1110. The molecule has 0 fully saturated rings. The Morgan fingerprint density at radius 3 is 2.79 bits per heavy atom. The Labute approximate surface area is 158 Å². The lowest BCUT2D eigenvalue weighted by Gasteiger charge is -2.25. The van der Waals surface area contributed by atoms with Gasteiger partial charge in [0.2, 0.25) is 12.7 Å². The zero-order valence-corrected chi connectivity index (χ0v) is 14.7. The third-order valence-electron chi connectivity index (χ3n) is 4.44. The first kappa shape index (κ1) is 17.5. The largest absolute Gasteiger partial charge is 0.871 e. The maximum atomic E-state index is 13.0. The van der Waals surface area contributed by atoms with Gasteiger partial charge in [-0.05, 0) is 35.4 Å². The van der Waals surface area contributed by atoms with Crippen LogP contribution < -0.4 is 19.9 Å². The van der Waals surface area contributed by atoms with Crippen molar-refractivity contribution in [1.82, 2.24) is 10.3 Å². The van der Waals surface area contributed by atoms with E-state index in [1.807, 2.05) is 0 Å². The number of ether oxygens (including phenoxy) is 2. The molecule has 1 atom stereocenters. The van der Waals surface area contributed by atoms with Gasteiger partial charge < -0.3 is 19.9 Å². The molecule has 1 amide bonds. The number of rotatable bonds is 4. The van der Waals surface area contributed by atoms with Gasteiger partial charge in [-0.15, -0.1) is 0 Å². The van der Waals surface area contributed by atoms with E-state index >= 15 is 0 Å². The summed E-state index contributed by atoms with van der Waals surface area (Å²) in [5.41, 5.74) is 0.296. The van der Waals surface area contributed by atoms with E-state index in [0.29, 0.717) is 17.1 Å². The minimum Gasteiger partial charge on any atom is -0.871 e. The summed E-state index contributed by atoms with van der Waals surface area (Å²) < 4.78 is 10.6. The molecule has 0 radical (unpaired) electrons. The minimum absolute atomic E-state index is 0.0252. The Kier molecular flexibility index (Phi) is 4.19. The number of nitrogens with one attached hydrogen (secondary N) is 1. The van der Waals surface area contributed by atoms with Crippen molar-refractivity contribution in [3.05, 3.63) is 63.8 Å². The number of carbonyl (C=O) groups excluding carboxylic acids is 1. The standard InChI is InChI=1S/C19H15N3O6/c1-10(23)21-17(11-4-5-15-16(7-11)28-9-27-15)13-8-14(22(25)26)12-3-2-6-20-18(12)19(13)24/h2-8,17,24H,9H2,1H3,(H,21,23)/p-1/t17-/m1/s1. The van der Waals surface area contributed by atoms with Gasteiger partial charge in [-0.3, -0.25) is 19.9 Å². The second-order valence-electron chi connectivity index (χ2n) is 6.22. The number of amides is 1. The molecular formula is C19H14N3O6-. The van der Waals surface area contributed by atoms with Gasteiger partial charge in [0.25, 0.3) is 5.69 Å². The van der Waals surface area contributed by atoms with E-state index in [2.05, 4.69) is 10.3 Å². The van der Waals surface area contributed by atoms with Crippen molar-refractivity contribution in [1.29, 1.82) is 0 Å². The van der Waals surface area contributed by atoms with E-state index in [1.165, 1.54) is 31.3 Å². The number of hydrogen-bond donors (Lipinski definition) is 1. The van der Waals surface area contributed by atoms with Gasteiger partial charge in [0, 0.05) is 19.2 Å². The van der Waals surface area contributed by atoms with Gasteiger partial charge in [0.15, 0.2) is 11.5 Å². The fourth-order valence-electron chi connectivity index (χ4n) is 3.22. The van der Waals surface area contributed by atoms with Crippen LogP contribution in [0, 0.1) is 10.1 Å². The monoisotopic (exact) mass is 380 g/mol. The molecule has 0 aliphatic carbocycles. The Morgan fingerprint density at radius 2 is 2.04 bits per heavy atom. The summed E-state index contributed by atoms with van der Waals surface area (Å²) in [6.07, 6.45) is 1.39. The average Bonchev–Trinajstić information content (AvgIpc) is 3.14. The lowest BCUT2D eigenvalue weighted by atomic mass is 9.95. The van der Waals surface area contributed by atoms with Crippen LogP contribution in [0.2, 0.25) is 0 Å². The highest BCUT2D eigenvalue weighted by Crippen LogP contribution is 2.40. The molecule has 2 heterocycles. The molecule has 1 aromatic heterocycles. The number of fused-ring (bicyclic) bond motifs is 2. The first-order valence-electron chi connectivity index (χ1n) is 8.35. The average molecular weight is 380 g/mol. The predicted molar refractivity (Wildman–Crippen MR) is 96.1 cm³/mol. The molecule has 0 spiro atoms. The van der Waals surface area contributed by atoms with Crippen LogP contribution in [0.15, 0.2) is 42.6 Å². The first-order valence-corrected chi connectivity index (χ1v) is 8.35. The number of benzene rings is 2. The molecule has 2 aromatic carbocycles. The second kappa shape index (κ2) is 6.69. The molecule has 9 nitrogen and oxygen atoms in total. The summed E-state index contributed by atoms with van der Waals surface area (Å²) in [5.74, 6) is 0.121. The molecule has 9 heteroatoms. The van der Waals surface area contributed by atoms with Crippen LogP contribution in [0.4, 0.5) is 5.69 Å². The fourth-order valence-corrected chi connectivity index (χ4v) is 3.22. The highest BCUT2D eigenvalue weighted by molar-refractivity contribution is 5.93. The van der Waals surface area contributed by atoms with Crippen LogP contribution in [0.5, 0.6) is 17.2 Å². The third kappa shape index (κ3) is 2.92. The molecule has 142 valence electrons. The molecule has 1 aliphatic heterocycles. The van der Waals surface area contributed by atoms with Crippen LogP contribution in [0.1, 0.15) is 24.1 Å². The highest BCUT2D eigenvalue weighted by atomic mass is 16.7. The zero-order valence-electron chi connectivity index (χ0n) is 14.7. The molecule has 4 rings (SSSR count). The van der Waals surface area contributed by atoms with Gasteiger partial charge in [-0.25, -0.2) is 0 Å². The van der Waals surface area contributed by atoms with Crippen molar-refractivity contribution in [2.45, 2.75) is 13.0 Å². The number of nitro benzene ring substituents is 1. The van der Waals surface area contributed by atoms with Crippen LogP contribution >= 0.6 is 0 Å². The summed E-state index contributed by atoms with van der Waals surface area (Å²) in [5, 5.41) is 27.4. The smallest absolute Gasteiger partial charge is 0.279 e. The molecule has 0 saturated carbocycles. The SMILES string of the molecule is CC(=O)N[C@H](c1ccc2c(c1)OCO2)c1cc([N+](=O)[O-])c2cccnc2c1[O-]. The van der Waals surface area contributed by atoms with Gasteiger partial charge in [-0.1, -0.05) is 11.8 Å². The summed E-state index contributed by atoms with van der Waals surface area (Å²) in [6, 6.07) is 8.24. The second-order valence-corrected chi connectivity index (χ2v) is 6.22. The maximum absolute atomic E-state index is 13.0. The number of aromatic nitrogens is 1. The normalized spacial score (nSPS) is 13.3. The zero-order chi connectivity index (χ0) is 19.8. The highest BCUT2D eigenvalue weighted by Gasteiger charge is 2.25. The quantitative estimate of drug-likeness (QED) is 0.543. The molecule has 0 bridgehead atoms. The van der Waals surface area contributed by atoms with Crippen molar-refractivity contribution in [3.63, 3.8) is 0 Å². The maximum Gasteiger partial charge on any atom is 0.279 e. The van der Waals surface area contributed by atoms with E-state index in [1.54, 1.807) is 18.2 Å². The number of hydrogen-bond acceptors (Lipinski definition) is 7. The third-order valence-corrected chi connectivity index (χ3v) is 4.44. The Balaban J connectivity index is 1.94. The lowest BCUT2D eigenvalue weighted by molar-refractivity contribution is -0.383. The summed E-state index contributed by atoms with van der Waals surface area (Å²) in [6.45, 7) is 1.37. The van der Waals surface area contributed by atoms with Gasteiger partial charge in [-0.2, -0.15) is 0 Å². The number of pyridine rings is 1. The number of nitro groups is 1. The van der Waals surface area contributed by atoms with E-state index in [9.17, 15) is 20.0 Å². The van der Waals surface area contributed by atoms with Gasteiger partial charge in [0.05, 0.1) is 21.9 Å². The van der Waals surface area contributed by atoms with Crippen molar-refractivity contribution < 1.29 is 24.3 Å². The van der Waals surface area contributed by atoms with Crippen molar-refractivity contribution in [2.24, 2.45) is 0 Å². The van der Waals surface area contributed by atoms with Crippen molar-refractivity contribution in [3.8, 4) is 17.2 Å². The first-order chi connectivity index (χ1) is 13.5. The van der Waals surface area contributed by atoms with E-state index in [4.69, 9.17) is 9.47 Å². The summed E-state index contributed by atoms with van der Waals surface area (Å²) >= 11 is 0. The van der Waals surface area contributed by atoms with E-state index in [-0.39, 0.29) is 28.9 Å². The molecular weight excluding hydrogens is 366 g/mol. The summed E-state index contributed by atoms with van der Waals surface area (Å²) in [4.78, 5) is 26.8. The molecule has 28 heavy (non-hydrogen) atoms. The Morgan fingerprint density at radius 1 is 1.25 bits per heavy atom. The van der Waals surface area contributed by atoms with Gasteiger partial charge >= 0.3 is 0 Å². The van der Waals surface area contributed by atoms with Crippen LogP contribution in [-0.4, -0.2) is 22.6 Å². The van der Waals surface area contributed by atoms with Crippen molar-refractivity contribution in [2.75, 3.05) is 6.79 Å². The topological polar surface area (TPSA) is 127 Å². The Hall–Kier alpha value is -3.88. The number of nitrogens with zero attached hydrogens (tertiary/aromatic N) is 2. The summed E-state index contributed by atoms with van der Waals surface area (Å²) in [7, 11) is 0. The van der Waals surface area contributed by atoms with Gasteiger partial charge in [0.1, 0.15) is 0 Å². The number of carbonyl (C=O) groups is 1. The molecule has 0 saturated heterocycles. The molecule has 0 unspecified atom stereocenters. The van der Waals surface area contributed by atoms with Crippen LogP contribution in [0.25, 0.3) is 10.9 Å².